The largest absolute Gasteiger partial charge is 0.489 e. The zero-order valence-electron chi connectivity index (χ0n) is 46.4. The van der Waals surface area contributed by atoms with Crippen LogP contribution >= 0.6 is 61.0 Å². The highest BCUT2D eigenvalue weighted by molar-refractivity contribution is 14.1. The van der Waals surface area contributed by atoms with Crippen molar-refractivity contribution in [3.8, 4) is 11.5 Å². The highest BCUT2D eigenvalue weighted by atomic mass is 127. The van der Waals surface area contributed by atoms with E-state index in [9.17, 15) is 0 Å². The number of fused-ring (bicyclic) bond motifs is 6. The number of hydrogen-bond donors (Lipinski definition) is 0. The minimum atomic E-state index is -1.01. The van der Waals surface area contributed by atoms with Gasteiger partial charge in [-0.1, -0.05) is 187 Å². The highest BCUT2D eigenvalue weighted by Gasteiger charge is 2.34. The Morgan fingerprint density at radius 3 is 1.25 bits per heavy atom. The van der Waals surface area contributed by atoms with E-state index in [4.69, 9.17) is 9.47 Å². The summed E-state index contributed by atoms with van der Waals surface area (Å²) in [6.45, 7) is 28.3. The summed E-state index contributed by atoms with van der Waals surface area (Å²) in [6, 6.07) is 44.3. The monoisotopic (exact) mass is 1240 g/mol. The zero-order valence-corrected chi connectivity index (χ0v) is 52.5. The van der Waals surface area contributed by atoms with Crippen LogP contribution in [-0.2, 0) is 48.3 Å². The molecule has 0 saturated heterocycles. The molecule has 388 valence electrons. The van der Waals surface area contributed by atoms with Gasteiger partial charge in [0.15, 0.2) is 0 Å². The third-order valence-corrected chi connectivity index (χ3v) is 21.0. The molecule has 0 fully saturated rings. The van der Waals surface area contributed by atoms with Crippen molar-refractivity contribution >= 4 is 92.9 Å². The van der Waals surface area contributed by atoms with Crippen LogP contribution in [0.5, 0.6) is 11.5 Å². The number of halogens is 2. The number of ether oxygens (including phenoxy) is 2. The fourth-order valence-corrected chi connectivity index (χ4v) is 17.8. The minimum Gasteiger partial charge on any atom is -0.489 e. The van der Waals surface area contributed by atoms with E-state index in [-0.39, 0.29) is 28.5 Å². The molecule has 0 spiro atoms. The molecule has 6 aromatic rings. The maximum absolute atomic E-state index is 7.81. The molecule has 0 saturated carbocycles. The van der Waals surface area contributed by atoms with Crippen molar-refractivity contribution in [3.63, 3.8) is 0 Å². The molecule has 2 aliphatic heterocycles. The van der Waals surface area contributed by atoms with Crippen LogP contribution in [0.3, 0.4) is 0 Å². The Hall–Kier alpha value is -2.76. The molecule has 0 aliphatic carbocycles. The summed E-state index contributed by atoms with van der Waals surface area (Å²) < 4.78 is 18.2. The molecule has 0 amide bonds. The van der Waals surface area contributed by atoms with Gasteiger partial charge in [0.05, 0.1) is 0 Å². The molecular weight excluding hydrogens is 1150 g/mol. The molecule has 2 bridgehead atoms. The SMILES string of the molecule is CCCCc1cc(I)cc(P(c2cc(I)cc(C(C)(C)C)c2)c2cccc3c2O[C@@H]2CCC[C@H](C3)Oc3c(cccc3P(c3cc(CCCC)cc(CCCC)c3)c3cc(C(C)(C)C)cc(C(C)(C)C)c3)C2)c1. The third-order valence-electron chi connectivity index (χ3n) is 15.0. The summed E-state index contributed by atoms with van der Waals surface area (Å²) >= 11 is 5.12. The van der Waals surface area contributed by atoms with Crippen molar-refractivity contribution in [3.05, 3.63) is 161 Å². The molecule has 2 aliphatic rings. The molecule has 73 heavy (non-hydrogen) atoms. The first-order chi connectivity index (χ1) is 34.7. The summed E-state index contributed by atoms with van der Waals surface area (Å²) in [5.74, 6) is 2.20. The molecular formula is C67H84I2O2P2. The van der Waals surface area contributed by atoms with Gasteiger partial charge in [0.25, 0.3) is 0 Å². The Morgan fingerprint density at radius 2 is 0.822 bits per heavy atom. The Labute approximate surface area is 472 Å². The van der Waals surface area contributed by atoms with Gasteiger partial charge < -0.3 is 9.47 Å². The molecule has 2 heterocycles. The molecule has 4 atom stereocenters. The lowest BCUT2D eigenvalue weighted by molar-refractivity contribution is 0.189. The first-order valence-electron chi connectivity index (χ1n) is 27.8. The van der Waals surface area contributed by atoms with Crippen LogP contribution in [0.2, 0.25) is 0 Å². The van der Waals surface area contributed by atoms with E-state index in [1.807, 2.05) is 0 Å². The van der Waals surface area contributed by atoms with Crippen LogP contribution in [0.1, 0.15) is 185 Å². The molecule has 0 N–H and O–H groups in total. The van der Waals surface area contributed by atoms with E-state index in [0.29, 0.717) is 0 Å². The van der Waals surface area contributed by atoms with E-state index in [0.717, 1.165) is 62.9 Å². The van der Waals surface area contributed by atoms with E-state index >= 15 is 0 Å². The van der Waals surface area contributed by atoms with Crippen molar-refractivity contribution in [1.29, 1.82) is 0 Å². The van der Waals surface area contributed by atoms with Gasteiger partial charge in [0.2, 0.25) is 0 Å². The second kappa shape index (κ2) is 24.3. The molecule has 0 radical (unpaired) electrons. The van der Waals surface area contributed by atoms with E-state index in [1.54, 1.807) is 0 Å². The van der Waals surface area contributed by atoms with Crippen molar-refractivity contribution in [2.45, 2.75) is 201 Å². The number of rotatable bonds is 15. The van der Waals surface area contributed by atoms with Crippen LogP contribution in [0.4, 0.5) is 0 Å². The molecule has 2 unspecified atom stereocenters. The summed E-state index contributed by atoms with van der Waals surface area (Å²) in [5, 5.41) is 8.37. The molecule has 2 nitrogen and oxygen atoms in total. The highest BCUT2D eigenvalue weighted by Crippen LogP contribution is 2.46. The summed E-state index contributed by atoms with van der Waals surface area (Å²) in [6.07, 6.45) is 15.2. The second-order valence-electron chi connectivity index (χ2n) is 24.4. The summed E-state index contributed by atoms with van der Waals surface area (Å²) in [7, 11) is -1.98. The number of benzene rings is 6. The zero-order chi connectivity index (χ0) is 52.2. The molecule has 6 aromatic carbocycles. The van der Waals surface area contributed by atoms with Crippen molar-refractivity contribution in [2.24, 2.45) is 0 Å². The van der Waals surface area contributed by atoms with Gasteiger partial charge in [0, 0.05) is 30.6 Å². The average Bonchev–Trinajstić information content (AvgIpc) is 3.47. The van der Waals surface area contributed by atoms with Gasteiger partial charge in [-0.2, -0.15) is 0 Å². The fourth-order valence-electron chi connectivity index (χ4n) is 10.7. The predicted molar refractivity (Wildman–Crippen MR) is 338 cm³/mol. The van der Waals surface area contributed by atoms with E-state index in [1.165, 1.54) is 122 Å². The van der Waals surface area contributed by atoms with Crippen LogP contribution in [0, 0.1) is 7.14 Å². The topological polar surface area (TPSA) is 18.5 Å². The van der Waals surface area contributed by atoms with Gasteiger partial charge >= 0.3 is 0 Å². The quantitative estimate of drug-likeness (QED) is 0.0754. The van der Waals surface area contributed by atoms with Crippen molar-refractivity contribution in [2.75, 3.05) is 0 Å². The van der Waals surface area contributed by atoms with E-state index in [2.05, 4.69) is 237 Å². The standard InChI is InChI=1S/C67H84I2O2P2/c1-13-16-22-45-31-46(23-17-14-2)34-57(33-45)72(59-40-50(65(4,5)6)38-51(41-59)66(7,8)9)61-29-19-25-48-36-56-28-21-27-55(70-63(48)61)37-49-26-20-30-62(64(49)71-56)73(58-35-47(24-18-15-3)32-53(68)43-58)60-42-52(67(10,11)12)39-54(69)44-60/h19-20,25-26,29-35,38-44,55-56H,13-18,21-24,27-28,36-37H2,1-12H3/t55-,56-,72?,73?/m1/s1. The van der Waals surface area contributed by atoms with Crippen LogP contribution in [-0.4, -0.2) is 12.2 Å². The lowest BCUT2D eigenvalue weighted by Crippen LogP contribution is -2.31. The maximum Gasteiger partial charge on any atom is 0.131 e. The number of para-hydroxylation sites is 2. The van der Waals surface area contributed by atoms with E-state index < -0.39 is 15.8 Å². The van der Waals surface area contributed by atoms with Gasteiger partial charge in [0.1, 0.15) is 23.7 Å². The lowest BCUT2D eigenvalue weighted by atomic mass is 9.81. The van der Waals surface area contributed by atoms with Gasteiger partial charge in [-0.15, -0.1) is 0 Å². The number of aryl methyl sites for hydroxylation is 3. The van der Waals surface area contributed by atoms with Crippen molar-refractivity contribution < 1.29 is 9.47 Å². The number of hydrogen-bond acceptors (Lipinski definition) is 2. The Balaban J connectivity index is 1.31. The second-order valence-corrected chi connectivity index (χ2v) is 31.2. The minimum absolute atomic E-state index is 0.00274. The van der Waals surface area contributed by atoms with Crippen LogP contribution in [0.25, 0.3) is 0 Å². The maximum atomic E-state index is 7.81. The first-order valence-corrected chi connectivity index (χ1v) is 32.6. The smallest absolute Gasteiger partial charge is 0.131 e. The number of unbranched alkanes of at least 4 members (excludes halogenated alkanes) is 3. The Bertz CT molecular complexity index is 2800. The molecule has 8 rings (SSSR count). The normalized spacial score (nSPS) is 17.0. The van der Waals surface area contributed by atoms with Gasteiger partial charge in [-0.25, -0.2) is 0 Å². The van der Waals surface area contributed by atoms with Crippen LogP contribution < -0.4 is 41.3 Å². The molecule has 0 aromatic heterocycles. The van der Waals surface area contributed by atoms with Gasteiger partial charge in [-0.05, 0) is 225 Å². The first kappa shape index (κ1) is 56.4. The lowest BCUT2D eigenvalue weighted by Gasteiger charge is -2.32. The Kier molecular flexibility index (Phi) is 18.8. The molecule has 6 heteroatoms. The predicted octanol–water partition coefficient (Wildman–Crippen LogP) is 16.8. The third kappa shape index (κ3) is 14.1. The van der Waals surface area contributed by atoms with Gasteiger partial charge in [-0.3, -0.25) is 0 Å². The summed E-state index contributed by atoms with van der Waals surface area (Å²) in [4.78, 5) is 0. The summed E-state index contributed by atoms with van der Waals surface area (Å²) in [5.41, 5.74) is 11.2. The average molecular weight is 1240 g/mol. The van der Waals surface area contributed by atoms with Crippen LogP contribution in [0.15, 0.2) is 109 Å². The van der Waals surface area contributed by atoms with Crippen molar-refractivity contribution in [1.82, 2.24) is 0 Å². The Morgan fingerprint density at radius 1 is 0.452 bits per heavy atom. The fraction of sp³-hybridized carbons (Fsp3) is 0.463.